The van der Waals surface area contributed by atoms with Crippen molar-refractivity contribution >= 4 is 55.2 Å². The predicted octanol–water partition coefficient (Wildman–Crippen LogP) is 8.39. The van der Waals surface area contributed by atoms with Crippen LogP contribution in [0.25, 0.3) is 43.5 Å². The number of nitrogens with zero attached hydrogens (tertiary/aromatic N) is 2. The number of hydrogen-bond acceptors (Lipinski definition) is 4. The lowest BCUT2D eigenvalue weighted by atomic mass is 10.0. The van der Waals surface area contributed by atoms with E-state index in [4.69, 9.17) is 14.4 Å². The molecule has 184 valence electrons. The summed E-state index contributed by atoms with van der Waals surface area (Å²) in [5.74, 6) is 1.57. The molecule has 1 aliphatic heterocycles. The summed E-state index contributed by atoms with van der Waals surface area (Å²) in [5, 5.41) is 10.5. The van der Waals surface area contributed by atoms with E-state index in [1.54, 1.807) is 0 Å². The number of rotatable bonds is 3. The highest BCUT2D eigenvalue weighted by Crippen LogP contribution is 2.31. The highest BCUT2D eigenvalue weighted by molar-refractivity contribution is 6.18. The fraction of sp³-hybridized carbons (Fsp3) is 0.0286. The van der Waals surface area contributed by atoms with Crippen LogP contribution >= 0.6 is 0 Å². The number of furan rings is 1. The van der Waals surface area contributed by atoms with Gasteiger partial charge in [-0.25, -0.2) is 9.98 Å². The number of hydrogen-bond donors (Lipinski definition) is 1. The normalized spacial score (nSPS) is 15.4. The molecule has 1 aromatic heterocycles. The van der Waals surface area contributed by atoms with Gasteiger partial charge in [-0.05, 0) is 57.4 Å². The van der Waals surface area contributed by atoms with Crippen molar-refractivity contribution in [2.45, 2.75) is 6.17 Å². The molecule has 4 nitrogen and oxygen atoms in total. The van der Waals surface area contributed by atoms with E-state index in [2.05, 4.69) is 115 Å². The molecule has 0 aliphatic carbocycles. The first kappa shape index (κ1) is 21.8. The molecule has 0 spiro atoms. The number of aliphatic imine (C=N–C) groups is 2. The van der Waals surface area contributed by atoms with Gasteiger partial charge >= 0.3 is 0 Å². The number of benzene rings is 6. The van der Waals surface area contributed by atoms with Gasteiger partial charge < -0.3 is 9.73 Å². The summed E-state index contributed by atoms with van der Waals surface area (Å²) >= 11 is 0. The molecule has 0 saturated heterocycles. The summed E-state index contributed by atoms with van der Waals surface area (Å²) in [6.07, 6.45) is -0.376. The van der Waals surface area contributed by atoms with Crippen LogP contribution in [0.4, 0.5) is 0 Å². The van der Waals surface area contributed by atoms with Crippen LogP contribution in [0.3, 0.4) is 0 Å². The van der Waals surface area contributed by atoms with E-state index in [1.807, 2.05) is 18.2 Å². The zero-order valence-corrected chi connectivity index (χ0v) is 21.0. The van der Waals surface area contributed by atoms with Gasteiger partial charge in [-0.2, -0.15) is 0 Å². The second-order valence-electron chi connectivity index (χ2n) is 9.93. The van der Waals surface area contributed by atoms with Crippen LogP contribution in [-0.2, 0) is 0 Å². The van der Waals surface area contributed by atoms with Gasteiger partial charge in [0.2, 0.25) is 0 Å². The lowest BCUT2D eigenvalue weighted by molar-refractivity contribution is 0.668. The van der Waals surface area contributed by atoms with Crippen LogP contribution in [-0.4, -0.2) is 11.7 Å². The minimum absolute atomic E-state index is 0.376. The van der Waals surface area contributed by atoms with Crippen molar-refractivity contribution in [3.8, 4) is 0 Å². The van der Waals surface area contributed by atoms with Crippen molar-refractivity contribution in [2.24, 2.45) is 9.98 Å². The van der Waals surface area contributed by atoms with Crippen molar-refractivity contribution in [1.29, 1.82) is 0 Å². The van der Waals surface area contributed by atoms with Crippen molar-refractivity contribution in [3.05, 3.63) is 144 Å². The van der Waals surface area contributed by atoms with Crippen LogP contribution in [0.15, 0.2) is 142 Å². The van der Waals surface area contributed by atoms with Crippen LogP contribution in [0.2, 0.25) is 0 Å². The molecular formula is C35H23N3O. The van der Waals surface area contributed by atoms with E-state index in [-0.39, 0.29) is 6.17 Å². The van der Waals surface area contributed by atoms with E-state index in [0.29, 0.717) is 0 Å². The molecule has 39 heavy (non-hydrogen) atoms. The highest BCUT2D eigenvalue weighted by atomic mass is 16.3. The van der Waals surface area contributed by atoms with Gasteiger partial charge in [0, 0.05) is 21.9 Å². The molecule has 0 fully saturated rings. The third-order valence-corrected chi connectivity index (χ3v) is 7.49. The summed E-state index contributed by atoms with van der Waals surface area (Å²) in [7, 11) is 0. The zero-order chi connectivity index (χ0) is 25.8. The van der Waals surface area contributed by atoms with E-state index >= 15 is 0 Å². The molecule has 0 amide bonds. The fourth-order valence-corrected chi connectivity index (χ4v) is 5.47. The Bertz CT molecular complexity index is 2120. The Kier molecular flexibility index (Phi) is 4.85. The molecular weight excluding hydrogens is 478 g/mol. The minimum atomic E-state index is -0.376. The number of nitrogens with one attached hydrogen (secondary N) is 1. The van der Waals surface area contributed by atoms with Gasteiger partial charge in [0.05, 0.1) is 0 Å². The third kappa shape index (κ3) is 3.77. The standard InChI is InChI=1S/C35H23N3O/c1-3-9-24-19-26(15-13-22(24)7-1)33-36-34(27-16-14-23-8-2-4-10-25(23)20-27)38-35(37-33)28-17-18-30-29-11-5-6-12-31(29)39-32(30)21-28/h1-21,33H,(H,36,37,38). The second kappa shape index (κ2) is 8.67. The summed E-state index contributed by atoms with van der Waals surface area (Å²) in [4.78, 5) is 10.2. The maximum Gasteiger partial charge on any atom is 0.169 e. The number of amidine groups is 2. The molecule has 2 heterocycles. The first-order chi connectivity index (χ1) is 19.3. The SMILES string of the molecule is c1ccc2cc(C3=NC(c4ccc5ccccc5c4)N=C(c4ccc5c(c4)oc4ccccc45)N3)ccc2c1. The van der Waals surface area contributed by atoms with Gasteiger partial charge in [0.25, 0.3) is 0 Å². The Morgan fingerprint density at radius 1 is 0.487 bits per heavy atom. The van der Waals surface area contributed by atoms with Gasteiger partial charge in [-0.15, -0.1) is 0 Å². The average molecular weight is 502 g/mol. The van der Waals surface area contributed by atoms with E-state index < -0.39 is 0 Å². The molecule has 1 unspecified atom stereocenters. The molecule has 1 aliphatic rings. The van der Waals surface area contributed by atoms with Crippen molar-refractivity contribution in [1.82, 2.24) is 5.32 Å². The fourth-order valence-electron chi connectivity index (χ4n) is 5.47. The topological polar surface area (TPSA) is 49.9 Å². The Morgan fingerprint density at radius 3 is 1.87 bits per heavy atom. The van der Waals surface area contributed by atoms with Gasteiger partial charge in [-0.3, -0.25) is 0 Å². The van der Waals surface area contributed by atoms with E-state index in [0.717, 1.165) is 50.3 Å². The van der Waals surface area contributed by atoms with Crippen LogP contribution in [0, 0.1) is 0 Å². The maximum atomic E-state index is 6.19. The Morgan fingerprint density at radius 2 is 1.08 bits per heavy atom. The van der Waals surface area contributed by atoms with Crippen molar-refractivity contribution in [2.75, 3.05) is 0 Å². The Labute approximate surface area is 224 Å². The van der Waals surface area contributed by atoms with Crippen LogP contribution in [0.1, 0.15) is 22.9 Å². The summed E-state index contributed by atoms with van der Waals surface area (Å²) in [5.41, 5.74) is 4.76. The monoisotopic (exact) mass is 501 g/mol. The van der Waals surface area contributed by atoms with Gasteiger partial charge in [0.1, 0.15) is 22.8 Å². The van der Waals surface area contributed by atoms with Gasteiger partial charge in [0.15, 0.2) is 6.17 Å². The molecule has 8 rings (SSSR count). The smallest absolute Gasteiger partial charge is 0.169 e. The quantitative estimate of drug-likeness (QED) is 0.264. The van der Waals surface area contributed by atoms with E-state index in [1.165, 1.54) is 21.5 Å². The van der Waals surface area contributed by atoms with E-state index in [9.17, 15) is 0 Å². The van der Waals surface area contributed by atoms with Gasteiger partial charge in [-0.1, -0.05) is 97.1 Å². The van der Waals surface area contributed by atoms with Crippen molar-refractivity contribution < 1.29 is 4.42 Å². The summed E-state index contributed by atoms with van der Waals surface area (Å²) in [6.45, 7) is 0. The molecule has 4 heteroatoms. The zero-order valence-electron chi connectivity index (χ0n) is 21.0. The molecule has 1 N–H and O–H groups in total. The van der Waals surface area contributed by atoms with Crippen molar-refractivity contribution in [3.63, 3.8) is 0 Å². The molecule has 7 aromatic rings. The first-order valence-corrected chi connectivity index (χ1v) is 13.1. The number of para-hydroxylation sites is 1. The van der Waals surface area contributed by atoms with Crippen LogP contribution < -0.4 is 5.32 Å². The summed E-state index contributed by atoms with van der Waals surface area (Å²) < 4.78 is 6.19. The third-order valence-electron chi connectivity index (χ3n) is 7.49. The largest absolute Gasteiger partial charge is 0.456 e. The maximum absolute atomic E-state index is 6.19. The molecule has 0 bridgehead atoms. The summed E-state index contributed by atoms with van der Waals surface area (Å²) in [6, 6.07) is 44.1. The average Bonchev–Trinajstić information content (AvgIpc) is 3.38. The highest BCUT2D eigenvalue weighted by Gasteiger charge is 2.22. The molecule has 6 aromatic carbocycles. The van der Waals surface area contributed by atoms with Crippen LogP contribution in [0.5, 0.6) is 0 Å². The lowest BCUT2D eigenvalue weighted by Crippen LogP contribution is -2.36. The molecule has 0 radical (unpaired) electrons. The Hall–Kier alpha value is -5.22. The lowest BCUT2D eigenvalue weighted by Gasteiger charge is -2.22. The molecule has 0 saturated carbocycles. The molecule has 1 atom stereocenters. The predicted molar refractivity (Wildman–Crippen MR) is 161 cm³/mol. The number of fused-ring (bicyclic) bond motifs is 5. The first-order valence-electron chi connectivity index (χ1n) is 13.1. The minimum Gasteiger partial charge on any atom is -0.456 e. The Balaban J connectivity index is 1.27. The second-order valence-corrected chi connectivity index (χ2v) is 9.93.